The predicted octanol–water partition coefficient (Wildman–Crippen LogP) is 3.10. The molecule has 0 saturated carbocycles. The van der Waals surface area contributed by atoms with Crippen molar-refractivity contribution < 1.29 is 23.0 Å². The van der Waals surface area contributed by atoms with Crippen LogP contribution in [0.1, 0.15) is 29.2 Å². The van der Waals surface area contributed by atoms with E-state index in [4.69, 9.17) is 4.74 Å². The van der Waals surface area contributed by atoms with Crippen molar-refractivity contribution in [1.82, 2.24) is 0 Å². The first kappa shape index (κ1) is 12.5. The van der Waals surface area contributed by atoms with Gasteiger partial charge in [-0.25, -0.2) is 0 Å². The Labute approximate surface area is 89.3 Å². The maximum absolute atomic E-state index is 12.4. The van der Waals surface area contributed by atoms with Gasteiger partial charge in [0.2, 0.25) is 0 Å². The second kappa shape index (κ2) is 4.51. The average molecular weight is 240 g/mol. The Morgan fingerprint density at radius 2 is 2.13 bits per heavy atom. The zero-order valence-corrected chi connectivity index (χ0v) is 9.08. The summed E-state index contributed by atoms with van der Waals surface area (Å²) in [6.45, 7) is 3.24. The van der Waals surface area contributed by atoms with Crippen molar-refractivity contribution in [3.8, 4) is 0 Å². The molecule has 1 atom stereocenters. The summed E-state index contributed by atoms with van der Waals surface area (Å²) in [5.41, 5.74) is -0.672. The molecule has 2 nitrogen and oxygen atoms in total. The van der Waals surface area contributed by atoms with Crippen LogP contribution in [0.5, 0.6) is 0 Å². The number of hydrogen-bond donors (Lipinski definition) is 1. The summed E-state index contributed by atoms with van der Waals surface area (Å²) in [4.78, 5) is 0.212. The van der Waals surface area contributed by atoms with Crippen LogP contribution in [0.2, 0.25) is 0 Å². The van der Waals surface area contributed by atoms with E-state index in [-0.39, 0.29) is 17.0 Å². The summed E-state index contributed by atoms with van der Waals surface area (Å²) in [5.74, 6) is 0. The van der Waals surface area contributed by atoms with Crippen molar-refractivity contribution in [3.63, 3.8) is 0 Å². The number of alkyl halides is 3. The molecule has 0 spiro atoms. The Kier molecular flexibility index (Phi) is 3.75. The van der Waals surface area contributed by atoms with Crippen molar-refractivity contribution >= 4 is 11.3 Å². The Balaban J connectivity index is 2.99. The van der Waals surface area contributed by atoms with Crippen molar-refractivity contribution in [1.29, 1.82) is 0 Å². The zero-order valence-electron chi connectivity index (χ0n) is 8.26. The van der Waals surface area contributed by atoms with Gasteiger partial charge in [-0.15, -0.1) is 11.3 Å². The Morgan fingerprint density at radius 1 is 1.53 bits per heavy atom. The minimum atomic E-state index is -4.37. The molecule has 0 radical (unpaired) electrons. The number of aliphatic hydroxyl groups is 1. The smallest absolute Gasteiger partial charge is 0.364 e. The summed E-state index contributed by atoms with van der Waals surface area (Å²) >= 11 is 0.856. The molecule has 1 aromatic heterocycles. The van der Waals surface area contributed by atoms with E-state index >= 15 is 0 Å². The van der Waals surface area contributed by atoms with Crippen LogP contribution in [0.3, 0.4) is 0 Å². The minimum Gasteiger partial charge on any atom is -0.364 e. The lowest BCUT2D eigenvalue weighted by Gasteiger charge is -2.10. The molecule has 1 aromatic rings. The number of halogens is 3. The monoisotopic (exact) mass is 240 g/mol. The highest BCUT2D eigenvalue weighted by molar-refractivity contribution is 7.10. The minimum absolute atomic E-state index is 0.0356. The van der Waals surface area contributed by atoms with Gasteiger partial charge in [0.15, 0.2) is 6.29 Å². The summed E-state index contributed by atoms with van der Waals surface area (Å²) < 4.78 is 42.0. The van der Waals surface area contributed by atoms with Gasteiger partial charge >= 0.3 is 6.18 Å². The zero-order chi connectivity index (χ0) is 11.6. The first-order valence-electron chi connectivity index (χ1n) is 4.32. The van der Waals surface area contributed by atoms with E-state index in [9.17, 15) is 18.3 Å². The number of rotatable bonds is 3. The Hall–Kier alpha value is -0.590. The lowest BCUT2D eigenvalue weighted by Crippen LogP contribution is -2.07. The van der Waals surface area contributed by atoms with Crippen molar-refractivity contribution in [3.05, 3.63) is 21.4 Å². The van der Waals surface area contributed by atoms with Gasteiger partial charge in [0.05, 0.1) is 10.4 Å². The van der Waals surface area contributed by atoms with Crippen molar-refractivity contribution in [2.45, 2.75) is 26.3 Å². The molecule has 1 heterocycles. The lowest BCUT2D eigenvalue weighted by molar-refractivity contribution is -0.138. The summed E-state index contributed by atoms with van der Waals surface area (Å²) in [5, 5.41) is 10.4. The van der Waals surface area contributed by atoms with E-state index in [2.05, 4.69) is 0 Å². The van der Waals surface area contributed by atoms with E-state index < -0.39 is 18.0 Å². The Bertz CT molecular complexity index is 333. The maximum Gasteiger partial charge on any atom is 0.417 e. The fourth-order valence-electron chi connectivity index (χ4n) is 1.19. The first-order chi connectivity index (χ1) is 6.88. The SMILES string of the molecule is CCOC(O)c1scc(C(F)(F)F)c1C. The van der Waals surface area contributed by atoms with Crippen LogP contribution in [-0.2, 0) is 10.9 Å². The third-order valence-corrected chi connectivity index (χ3v) is 3.05. The number of ether oxygens (including phenoxy) is 1. The third kappa shape index (κ3) is 2.70. The normalized spacial score (nSPS) is 14.3. The quantitative estimate of drug-likeness (QED) is 0.822. The highest BCUT2D eigenvalue weighted by Gasteiger charge is 2.35. The topological polar surface area (TPSA) is 29.5 Å². The van der Waals surface area contributed by atoms with Crippen LogP contribution in [0.4, 0.5) is 13.2 Å². The summed E-state index contributed by atoms with van der Waals surface area (Å²) in [6, 6.07) is 0. The number of hydrogen-bond acceptors (Lipinski definition) is 3. The van der Waals surface area contributed by atoms with Gasteiger partial charge in [-0.2, -0.15) is 13.2 Å². The molecular weight excluding hydrogens is 229 g/mol. The molecule has 1 N–H and O–H groups in total. The van der Waals surface area contributed by atoms with Crippen LogP contribution in [0.25, 0.3) is 0 Å². The number of aliphatic hydroxyl groups excluding tert-OH is 1. The summed E-state index contributed by atoms with van der Waals surface area (Å²) in [7, 11) is 0. The highest BCUT2D eigenvalue weighted by Crippen LogP contribution is 2.38. The van der Waals surface area contributed by atoms with E-state index in [1.807, 2.05) is 0 Å². The third-order valence-electron chi connectivity index (χ3n) is 1.93. The molecule has 0 aromatic carbocycles. The highest BCUT2D eigenvalue weighted by atomic mass is 32.1. The molecule has 0 amide bonds. The fraction of sp³-hybridized carbons (Fsp3) is 0.556. The molecule has 15 heavy (non-hydrogen) atoms. The van der Waals surface area contributed by atoms with Crippen molar-refractivity contribution in [2.24, 2.45) is 0 Å². The van der Waals surface area contributed by atoms with Crippen LogP contribution in [-0.4, -0.2) is 11.7 Å². The molecule has 0 bridgehead atoms. The molecular formula is C9H11F3O2S. The van der Waals surface area contributed by atoms with Gasteiger partial charge in [0.1, 0.15) is 0 Å². The van der Waals surface area contributed by atoms with E-state index in [1.165, 1.54) is 6.92 Å². The molecule has 0 aliphatic rings. The van der Waals surface area contributed by atoms with Gasteiger partial charge in [-0.05, 0) is 19.4 Å². The predicted molar refractivity (Wildman–Crippen MR) is 50.6 cm³/mol. The molecule has 0 aliphatic carbocycles. The van der Waals surface area contributed by atoms with Gasteiger partial charge in [0.25, 0.3) is 0 Å². The fourth-order valence-corrected chi connectivity index (χ4v) is 2.21. The van der Waals surface area contributed by atoms with E-state index in [0.717, 1.165) is 16.7 Å². The molecule has 0 fully saturated rings. The number of thiophene rings is 1. The molecule has 6 heteroatoms. The van der Waals surface area contributed by atoms with Crippen LogP contribution in [0.15, 0.2) is 5.38 Å². The average Bonchev–Trinajstić information content (AvgIpc) is 2.46. The van der Waals surface area contributed by atoms with Gasteiger partial charge < -0.3 is 9.84 Å². The Morgan fingerprint density at radius 3 is 2.53 bits per heavy atom. The van der Waals surface area contributed by atoms with Gasteiger partial charge in [0, 0.05) is 12.0 Å². The lowest BCUT2D eigenvalue weighted by atomic mass is 10.1. The molecule has 86 valence electrons. The molecule has 1 rings (SSSR count). The second-order valence-corrected chi connectivity index (χ2v) is 3.86. The standard InChI is InChI=1S/C9H11F3O2S/c1-3-14-8(13)7-5(2)6(4-15-7)9(10,11)12/h4,8,13H,3H2,1-2H3. The molecule has 0 aliphatic heterocycles. The first-order valence-corrected chi connectivity index (χ1v) is 5.20. The van der Waals surface area contributed by atoms with Gasteiger partial charge in [-0.3, -0.25) is 0 Å². The second-order valence-electron chi connectivity index (χ2n) is 2.94. The maximum atomic E-state index is 12.4. The van der Waals surface area contributed by atoms with E-state index in [0.29, 0.717) is 0 Å². The summed E-state index contributed by atoms with van der Waals surface area (Å²) in [6.07, 6.45) is -5.64. The molecule has 1 unspecified atom stereocenters. The van der Waals surface area contributed by atoms with E-state index in [1.54, 1.807) is 6.92 Å². The van der Waals surface area contributed by atoms with Crippen LogP contribution in [0, 0.1) is 6.92 Å². The van der Waals surface area contributed by atoms with Crippen LogP contribution >= 0.6 is 11.3 Å². The largest absolute Gasteiger partial charge is 0.417 e. The molecule has 0 saturated heterocycles. The van der Waals surface area contributed by atoms with Crippen LogP contribution < -0.4 is 0 Å². The van der Waals surface area contributed by atoms with Crippen molar-refractivity contribution in [2.75, 3.05) is 6.61 Å². The van der Waals surface area contributed by atoms with Gasteiger partial charge in [-0.1, -0.05) is 0 Å².